The van der Waals surface area contributed by atoms with Crippen molar-refractivity contribution in [3.63, 3.8) is 0 Å². The Morgan fingerprint density at radius 1 is 1.30 bits per heavy atom. The summed E-state index contributed by atoms with van der Waals surface area (Å²) in [5.74, 6) is -0.0434. The van der Waals surface area contributed by atoms with Crippen molar-refractivity contribution in [2.75, 3.05) is 7.05 Å². The number of hydrogen-bond acceptors (Lipinski definition) is 4. The maximum absolute atomic E-state index is 12.7. The van der Waals surface area contributed by atoms with Crippen LogP contribution in [0.3, 0.4) is 0 Å². The van der Waals surface area contributed by atoms with Crippen molar-refractivity contribution in [3.8, 4) is 6.07 Å². The smallest absolute Gasteiger partial charge is 0.218 e. The number of nitrogens with zero attached hydrogens (tertiary/aromatic N) is 2. The molecule has 0 amide bonds. The topological polar surface area (TPSA) is 73.2 Å². The Hall–Kier alpha value is -1.13. The Kier molecular flexibility index (Phi) is 5.69. The van der Waals surface area contributed by atoms with Gasteiger partial charge in [0, 0.05) is 25.2 Å². The Balaban J connectivity index is 0.00000192. The normalized spacial score (nSPS) is 26.6. The zero-order valence-electron chi connectivity index (χ0n) is 13.1. The van der Waals surface area contributed by atoms with Gasteiger partial charge in [-0.3, -0.25) is 0 Å². The standard InChI is InChI=1S/C16H21N3O2S.ClH/c1-19(16-8-14-5-6-15(9-16)18-14)22(20,21)11-13-4-2-3-12(7-13)10-17;/h2-4,7,14-16,18H,5-6,8-9,11H2,1H3;1H. The Labute approximate surface area is 144 Å². The van der Waals surface area contributed by atoms with Crippen molar-refractivity contribution in [1.29, 1.82) is 5.26 Å². The van der Waals surface area contributed by atoms with E-state index in [-0.39, 0.29) is 24.2 Å². The molecule has 2 aliphatic heterocycles. The molecule has 1 N–H and O–H groups in total. The molecule has 23 heavy (non-hydrogen) atoms. The lowest BCUT2D eigenvalue weighted by molar-refractivity contribution is 0.251. The highest BCUT2D eigenvalue weighted by Crippen LogP contribution is 2.30. The van der Waals surface area contributed by atoms with E-state index in [0.717, 1.165) is 25.7 Å². The second-order valence-electron chi connectivity index (χ2n) is 6.35. The molecule has 2 aliphatic rings. The average molecular weight is 356 g/mol. The van der Waals surface area contributed by atoms with Gasteiger partial charge in [-0.25, -0.2) is 12.7 Å². The van der Waals surface area contributed by atoms with E-state index in [1.807, 2.05) is 6.07 Å². The van der Waals surface area contributed by atoms with Crippen LogP contribution in [0.25, 0.3) is 0 Å². The van der Waals surface area contributed by atoms with E-state index in [9.17, 15) is 8.42 Å². The fourth-order valence-electron chi connectivity index (χ4n) is 3.59. The molecule has 126 valence electrons. The predicted octanol–water partition coefficient (Wildman–Crippen LogP) is 2.02. The fraction of sp³-hybridized carbons (Fsp3) is 0.562. The third-order valence-electron chi connectivity index (χ3n) is 4.81. The molecule has 2 bridgehead atoms. The summed E-state index contributed by atoms with van der Waals surface area (Å²) < 4.78 is 26.9. The number of benzene rings is 1. The van der Waals surface area contributed by atoms with Crippen LogP contribution in [0.1, 0.15) is 36.8 Å². The van der Waals surface area contributed by atoms with E-state index in [1.54, 1.807) is 35.6 Å². The summed E-state index contributed by atoms with van der Waals surface area (Å²) in [6.45, 7) is 0. The second kappa shape index (κ2) is 7.18. The molecule has 2 unspecified atom stereocenters. The maximum Gasteiger partial charge on any atom is 0.218 e. The van der Waals surface area contributed by atoms with Crippen LogP contribution in [0.15, 0.2) is 24.3 Å². The Morgan fingerprint density at radius 2 is 1.96 bits per heavy atom. The first-order valence-electron chi connectivity index (χ1n) is 7.69. The molecule has 0 aliphatic carbocycles. The van der Waals surface area contributed by atoms with Crippen molar-refractivity contribution in [2.24, 2.45) is 0 Å². The van der Waals surface area contributed by atoms with Crippen LogP contribution in [0.4, 0.5) is 0 Å². The summed E-state index contributed by atoms with van der Waals surface area (Å²) in [5.41, 5.74) is 1.16. The average Bonchev–Trinajstić information content (AvgIpc) is 2.84. The van der Waals surface area contributed by atoms with E-state index in [2.05, 4.69) is 5.32 Å². The van der Waals surface area contributed by atoms with Crippen molar-refractivity contribution in [3.05, 3.63) is 35.4 Å². The molecular weight excluding hydrogens is 334 g/mol. The number of nitrogens with one attached hydrogen (secondary N) is 1. The van der Waals surface area contributed by atoms with Gasteiger partial charge >= 0.3 is 0 Å². The van der Waals surface area contributed by atoms with Gasteiger partial charge in [0.25, 0.3) is 0 Å². The number of rotatable bonds is 4. The maximum atomic E-state index is 12.7. The third-order valence-corrected chi connectivity index (χ3v) is 6.68. The summed E-state index contributed by atoms with van der Waals surface area (Å²) >= 11 is 0. The van der Waals surface area contributed by atoms with Gasteiger partial charge in [-0.05, 0) is 43.4 Å². The highest BCUT2D eigenvalue weighted by Gasteiger charge is 2.38. The SMILES string of the molecule is CN(C1CC2CCC(C1)N2)S(=O)(=O)Cc1cccc(C#N)c1.Cl. The number of halogens is 1. The lowest BCUT2D eigenvalue weighted by Gasteiger charge is -2.34. The molecule has 1 aromatic carbocycles. The van der Waals surface area contributed by atoms with Crippen LogP contribution in [-0.4, -0.2) is 37.9 Å². The number of piperidine rings is 1. The molecule has 7 heteroatoms. The highest BCUT2D eigenvalue weighted by atomic mass is 35.5. The van der Waals surface area contributed by atoms with Gasteiger partial charge in [0.1, 0.15) is 0 Å². The number of fused-ring (bicyclic) bond motifs is 2. The molecule has 2 atom stereocenters. The van der Waals surface area contributed by atoms with E-state index in [4.69, 9.17) is 5.26 Å². The molecule has 5 nitrogen and oxygen atoms in total. The van der Waals surface area contributed by atoms with Crippen LogP contribution in [0.5, 0.6) is 0 Å². The zero-order valence-corrected chi connectivity index (χ0v) is 14.7. The molecule has 3 rings (SSSR count). The summed E-state index contributed by atoms with van der Waals surface area (Å²) in [6, 6.07) is 9.89. The van der Waals surface area contributed by atoms with Crippen LogP contribution in [-0.2, 0) is 15.8 Å². The van der Waals surface area contributed by atoms with Crippen LogP contribution < -0.4 is 5.32 Å². The minimum absolute atomic E-state index is 0. The monoisotopic (exact) mass is 355 g/mol. The Morgan fingerprint density at radius 3 is 2.57 bits per heavy atom. The first-order valence-corrected chi connectivity index (χ1v) is 9.29. The van der Waals surface area contributed by atoms with Gasteiger partial charge < -0.3 is 5.32 Å². The van der Waals surface area contributed by atoms with Crippen molar-refractivity contribution < 1.29 is 8.42 Å². The molecule has 0 spiro atoms. The van der Waals surface area contributed by atoms with Crippen LogP contribution >= 0.6 is 12.4 Å². The molecule has 0 saturated carbocycles. The van der Waals surface area contributed by atoms with Gasteiger partial charge in [0.05, 0.1) is 17.4 Å². The molecule has 0 aromatic heterocycles. The minimum Gasteiger partial charge on any atom is -0.311 e. The van der Waals surface area contributed by atoms with Crippen LogP contribution in [0, 0.1) is 11.3 Å². The van der Waals surface area contributed by atoms with Gasteiger partial charge in [-0.15, -0.1) is 12.4 Å². The third kappa shape index (κ3) is 4.04. The number of nitriles is 1. The lowest BCUT2D eigenvalue weighted by Crippen LogP contribution is -2.48. The number of sulfonamides is 1. The lowest BCUT2D eigenvalue weighted by atomic mass is 10.0. The minimum atomic E-state index is -3.36. The van der Waals surface area contributed by atoms with E-state index in [1.165, 1.54) is 0 Å². The van der Waals surface area contributed by atoms with Gasteiger partial charge in [-0.2, -0.15) is 5.26 Å². The zero-order chi connectivity index (χ0) is 15.7. The summed E-state index contributed by atoms with van der Waals surface area (Å²) in [5, 5.41) is 12.5. The molecule has 2 heterocycles. The first kappa shape index (κ1) is 18.2. The highest BCUT2D eigenvalue weighted by molar-refractivity contribution is 7.88. The first-order chi connectivity index (χ1) is 10.5. The predicted molar refractivity (Wildman–Crippen MR) is 91.8 cm³/mol. The second-order valence-corrected chi connectivity index (χ2v) is 8.38. The largest absolute Gasteiger partial charge is 0.311 e. The molecule has 2 fully saturated rings. The number of hydrogen-bond donors (Lipinski definition) is 1. The van der Waals surface area contributed by atoms with Crippen LogP contribution in [0.2, 0.25) is 0 Å². The summed E-state index contributed by atoms with van der Waals surface area (Å²) in [7, 11) is -1.67. The van der Waals surface area contributed by atoms with Crippen molar-refractivity contribution in [2.45, 2.75) is 49.6 Å². The van der Waals surface area contributed by atoms with E-state index < -0.39 is 10.0 Å². The van der Waals surface area contributed by atoms with Gasteiger partial charge in [0.15, 0.2) is 0 Å². The van der Waals surface area contributed by atoms with Crippen molar-refractivity contribution >= 4 is 22.4 Å². The molecule has 0 radical (unpaired) electrons. The Bertz CT molecular complexity index is 690. The summed E-state index contributed by atoms with van der Waals surface area (Å²) in [6.07, 6.45) is 4.09. The van der Waals surface area contributed by atoms with Crippen molar-refractivity contribution in [1.82, 2.24) is 9.62 Å². The quantitative estimate of drug-likeness (QED) is 0.896. The summed E-state index contributed by atoms with van der Waals surface area (Å²) in [4.78, 5) is 0. The molecule has 1 aromatic rings. The van der Waals surface area contributed by atoms with E-state index >= 15 is 0 Å². The molecule has 2 saturated heterocycles. The fourth-order valence-corrected chi connectivity index (χ4v) is 5.03. The van der Waals surface area contributed by atoms with Gasteiger partial charge in [0.2, 0.25) is 10.0 Å². The van der Waals surface area contributed by atoms with Gasteiger partial charge in [-0.1, -0.05) is 12.1 Å². The molecular formula is C16H22ClN3O2S. The van der Waals surface area contributed by atoms with E-state index in [0.29, 0.717) is 23.2 Å².